The molecule has 6 nitrogen and oxygen atoms in total. The molecule has 0 aliphatic carbocycles. The number of carbonyl (C=O) groups excluding carboxylic acids is 1. The number of carboxylic acids is 1. The number of carboxylic acid groups (broad SMARTS) is 1. The maximum atomic E-state index is 12.4. The molecule has 1 atom stereocenters. The van der Waals surface area contributed by atoms with E-state index in [1.165, 1.54) is 22.4 Å². The van der Waals surface area contributed by atoms with Gasteiger partial charge in [0.25, 0.3) is 5.91 Å². The van der Waals surface area contributed by atoms with E-state index in [1.807, 2.05) is 13.8 Å². The van der Waals surface area contributed by atoms with Crippen LogP contribution in [-0.2, 0) is 9.53 Å². The molecule has 116 valence electrons. The fraction of sp³-hybridized carbons (Fsp3) is 0.643. The Morgan fingerprint density at radius 3 is 2.90 bits per heavy atom. The minimum atomic E-state index is -1.01. The summed E-state index contributed by atoms with van der Waals surface area (Å²) in [5.41, 5.74) is 0. The van der Waals surface area contributed by atoms with Crippen LogP contribution in [0.4, 0.5) is 0 Å². The largest absolute Gasteiger partial charge is 0.480 e. The zero-order valence-electron chi connectivity index (χ0n) is 12.2. The number of hydrogen-bond acceptors (Lipinski definition) is 5. The van der Waals surface area contributed by atoms with Gasteiger partial charge in [-0.05, 0) is 18.8 Å². The van der Waals surface area contributed by atoms with Crippen LogP contribution in [-0.4, -0.2) is 46.6 Å². The summed E-state index contributed by atoms with van der Waals surface area (Å²) in [6, 6.07) is 0. The normalized spacial score (nSPS) is 18.1. The number of thiazole rings is 1. The van der Waals surface area contributed by atoms with E-state index in [9.17, 15) is 9.59 Å². The summed E-state index contributed by atoms with van der Waals surface area (Å²) in [4.78, 5) is 29.4. The van der Waals surface area contributed by atoms with Crippen molar-refractivity contribution in [3.8, 4) is 0 Å². The van der Waals surface area contributed by atoms with Crippen molar-refractivity contribution in [1.29, 1.82) is 0 Å². The van der Waals surface area contributed by atoms with Gasteiger partial charge in [0, 0.05) is 13.2 Å². The van der Waals surface area contributed by atoms with Gasteiger partial charge in [0.2, 0.25) is 0 Å². The van der Waals surface area contributed by atoms with Crippen molar-refractivity contribution < 1.29 is 19.4 Å². The smallest absolute Gasteiger partial charge is 0.323 e. The average molecular weight is 312 g/mol. The molecular weight excluding hydrogens is 292 g/mol. The fourth-order valence-corrected chi connectivity index (χ4v) is 3.26. The fourth-order valence-electron chi connectivity index (χ4n) is 2.29. The first kappa shape index (κ1) is 15.9. The first-order valence-corrected chi connectivity index (χ1v) is 7.87. The molecule has 21 heavy (non-hydrogen) atoms. The Morgan fingerprint density at radius 2 is 2.33 bits per heavy atom. The minimum absolute atomic E-state index is 0.0189. The molecule has 1 saturated heterocycles. The van der Waals surface area contributed by atoms with Gasteiger partial charge in [-0.1, -0.05) is 13.8 Å². The predicted molar refractivity (Wildman–Crippen MR) is 78.4 cm³/mol. The molecular formula is C14H20N2O4S. The molecule has 0 saturated carbocycles. The average Bonchev–Trinajstić information content (AvgIpc) is 3.06. The van der Waals surface area contributed by atoms with E-state index in [1.54, 1.807) is 0 Å². The molecule has 2 rings (SSSR count). The Labute approximate surface area is 127 Å². The molecule has 1 N–H and O–H groups in total. The lowest BCUT2D eigenvalue weighted by Gasteiger charge is -2.21. The summed E-state index contributed by atoms with van der Waals surface area (Å²) >= 11 is 1.30. The van der Waals surface area contributed by atoms with Gasteiger partial charge in [-0.3, -0.25) is 9.59 Å². The van der Waals surface area contributed by atoms with E-state index in [0.29, 0.717) is 11.4 Å². The van der Waals surface area contributed by atoms with Gasteiger partial charge < -0.3 is 14.7 Å². The Balaban J connectivity index is 2.10. The van der Waals surface area contributed by atoms with Crippen LogP contribution in [0.2, 0.25) is 0 Å². The summed E-state index contributed by atoms with van der Waals surface area (Å²) in [6.45, 7) is 4.76. The second-order valence-electron chi connectivity index (χ2n) is 5.54. The van der Waals surface area contributed by atoms with Gasteiger partial charge in [-0.2, -0.15) is 0 Å². The van der Waals surface area contributed by atoms with Crippen molar-refractivity contribution >= 4 is 23.2 Å². The molecule has 1 fully saturated rings. The number of carbonyl (C=O) groups is 2. The molecule has 1 aromatic heterocycles. The topological polar surface area (TPSA) is 79.7 Å². The van der Waals surface area contributed by atoms with Gasteiger partial charge in [-0.25, -0.2) is 4.98 Å². The molecule has 2 heterocycles. The third kappa shape index (κ3) is 4.25. The van der Waals surface area contributed by atoms with Gasteiger partial charge in [-0.15, -0.1) is 11.3 Å². The Bertz CT molecular complexity index is 509. The molecule has 1 aromatic rings. The van der Waals surface area contributed by atoms with E-state index in [4.69, 9.17) is 9.84 Å². The lowest BCUT2D eigenvalue weighted by Crippen LogP contribution is -2.37. The maximum Gasteiger partial charge on any atom is 0.323 e. The van der Waals surface area contributed by atoms with Crippen LogP contribution in [0.5, 0.6) is 0 Å². The second-order valence-corrected chi connectivity index (χ2v) is 6.60. The highest BCUT2D eigenvalue weighted by Gasteiger charge is 2.25. The van der Waals surface area contributed by atoms with Crippen molar-refractivity contribution in [3.63, 3.8) is 0 Å². The number of hydrogen-bond donors (Lipinski definition) is 1. The first-order chi connectivity index (χ1) is 9.97. The summed E-state index contributed by atoms with van der Waals surface area (Å²) in [5.74, 6) is -1.07. The van der Waals surface area contributed by atoms with Crippen molar-refractivity contribution in [2.24, 2.45) is 5.92 Å². The lowest BCUT2D eigenvalue weighted by molar-refractivity contribution is -0.137. The molecule has 1 aliphatic rings. The summed E-state index contributed by atoms with van der Waals surface area (Å²) in [7, 11) is 0. The van der Waals surface area contributed by atoms with Crippen molar-refractivity contribution in [2.45, 2.75) is 32.8 Å². The standard InChI is InChI=1S/C14H20N2O4S/c1-9(2)7-16(8-12(17)18)14(19)11-6-15-13(21-11)10-4-3-5-20-10/h6,9-10H,3-5,7-8H2,1-2H3,(H,17,18). The van der Waals surface area contributed by atoms with E-state index >= 15 is 0 Å². The van der Waals surface area contributed by atoms with Crippen molar-refractivity contribution in [3.05, 3.63) is 16.1 Å². The Hall–Kier alpha value is -1.47. The quantitative estimate of drug-likeness (QED) is 0.871. The first-order valence-electron chi connectivity index (χ1n) is 7.05. The van der Waals surface area contributed by atoms with Crippen LogP contribution < -0.4 is 0 Å². The van der Waals surface area contributed by atoms with Crippen LogP contribution in [0.15, 0.2) is 6.20 Å². The van der Waals surface area contributed by atoms with E-state index in [0.717, 1.165) is 24.5 Å². The molecule has 0 bridgehead atoms. The molecule has 1 unspecified atom stereocenters. The third-order valence-corrected chi connectivity index (χ3v) is 4.22. The summed E-state index contributed by atoms with van der Waals surface area (Å²) in [6.07, 6.45) is 3.44. The molecule has 1 aliphatic heterocycles. The number of amides is 1. The summed E-state index contributed by atoms with van der Waals surface area (Å²) in [5, 5.41) is 9.75. The monoisotopic (exact) mass is 312 g/mol. The highest BCUT2D eigenvalue weighted by Crippen LogP contribution is 2.31. The van der Waals surface area contributed by atoms with Gasteiger partial charge in [0.05, 0.1) is 6.20 Å². The van der Waals surface area contributed by atoms with E-state index < -0.39 is 5.97 Å². The third-order valence-electron chi connectivity index (χ3n) is 3.14. The van der Waals surface area contributed by atoms with E-state index in [-0.39, 0.29) is 24.5 Å². The lowest BCUT2D eigenvalue weighted by atomic mass is 10.2. The summed E-state index contributed by atoms with van der Waals surface area (Å²) < 4.78 is 5.55. The number of nitrogens with zero attached hydrogens (tertiary/aromatic N) is 2. The Morgan fingerprint density at radius 1 is 1.57 bits per heavy atom. The zero-order valence-corrected chi connectivity index (χ0v) is 13.1. The van der Waals surface area contributed by atoms with Crippen LogP contribution in [0.1, 0.15) is 47.5 Å². The van der Waals surface area contributed by atoms with Crippen LogP contribution in [0, 0.1) is 5.92 Å². The number of rotatable bonds is 6. The molecule has 0 radical (unpaired) electrons. The highest BCUT2D eigenvalue weighted by atomic mass is 32.1. The molecule has 1 amide bonds. The second kappa shape index (κ2) is 7.00. The number of aliphatic carboxylic acids is 1. The predicted octanol–water partition coefficient (Wildman–Crippen LogP) is 2.18. The van der Waals surface area contributed by atoms with Crippen molar-refractivity contribution in [2.75, 3.05) is 19.7 Å². The van der Waals surface area contributed by atoms with Gasteiger partial charge >= 0.3 is 5.97 Å². The van der Waals surface area contributed by atoms with Gasteiger partial charge in [0.15, 0.2) is 0 Å². The van der Waals surface area contributed by atoms with Crippen molar-refractivity contribution in [1.82, 2.24) is 9.88 Å². The zero-order chi connectivity index (χ0) is 15.4. The van der Waals surface area contributed by atoms with Gasteiger partial charge in [0.1, 0.15) is 22.5 Å². The number of aromatic nitrogens is 1. The molecule has 0 aromatic carbocycles. The van der Waals surface area contributed by atoms with Crippen LogP contribution in [0.25, 0.3) is 0 Å². The molecule has 0 spiro atoms. The molecule has 7 heteroatoms. The SMILES string of the molecule is CC(C)CN(CC(=O)O)C(=O)c1cnc(C2CCCO2)s1. The highest BCUT2D eigenvalue weighted by molar-refractivity contribution is 7.13. The van der Waals surface area contributed by atoms with Crippen LogP contribution >= 0.6 is 11.3 Å². The minimum Gasteiger partial charge on any atom is -0.480 e. The number of ether oxygens (including phenoxy) is 1. The Kier molecular flexibility index (Phi) is 5.30. The van der Waals surface area contributed by atoms with E-state index in [2.05, 4.69) is 4.98 Å². The van der Waals surface area contributed by atoms with Crippen LogP contribution in [0.3, 0.4) is 0 Å². The maximum absolute atomic E-state index is 12.4.